The van der Waals surface area contributed by atoms with Crippen LogP contribution in [0.1, 0.15) is 52.9 Å². The zero-order valence-electron chi connectivity index (χ0n) is 15.3. The largest absolute Gasteiger partial charge is 0.479 e. The Kier molecular flexibility index (Phi) is 10.1. The van der Waals surface area contributed by atoms with E-state index in [1.807, 2.05) is 33.9 Å². The lowest BCUT2D eigenvalue weighted by Gasteiger charge is -2.36. The number of unbranched alkanes of at least 4 members (excludes halogenated alkanes) is 1. The Morgan fingerprint density at radius 2 is 1.91 bits per heavy atom. The molecule has 2 unspecified atom stereocenters. The fourth-order valence-corrected chi connectivity index (χ4v) is 4.00. The highest BCUT2D eigenvalue weighted by Gasteiger charge is 2.55. The summed E-state index contributed by atoms with van der Waals surface area (Å²) in [5, 5.41) is 9.86. The van der Waals surface area contributed by atoms with Crippen LogP contribution in [0.15, 0.2) is 11.6 Å². The van der Waals surface area contributed by atoms with E-state index >= 15 is 0 Å². The van der Waals surface area contributed by atoms with Crippen LogP contribution >= 0.6 is 0 Å². The first-order chi connectivity index (χ1) is 10.8. The van der Waals surface area contributed by atoms with Gasteiger partial charge in [-0.3, -0.25) is 0 Å². The Hall–Kier alpha value is -1.14. The van der Waals surface area contributed by atoms with Gasteiger partial charge in [-0.1, -0.05) is 38.3 Å². The molecule has 0 aromatic heterocycles. The molecule has 0 aliphatic carbocycles. The van der Waals surface area contributed by atoms with Crippen molar-refractivity contribution >= 4 is 21.0 Å². The first-order valence-electron chi connectivity index (χ1n) is 8.41. The second-order valence-corrected chi connectivity index (χ2v) is 8.53. The van der Waals surface area contributed by atoms with Crippen molar-refractivity contribution in [3.8, 4) is 0 Å². The molecule has 0 spiro atoms. The SMILES string of the molecule is CCC=C(C)CC(CCCC)C(O[SiH](C)C)(C(=O)O)C(=O)OC. The van der Waals surface area contributed by atoms with Crippen LogP contribution in [-0.4, -0.2) is 38.8 Å². The molecule has 0 aliphatic rings. The van der Waals surface area contributed by atoms with E-state index in [-0.39, 0.29) is 0 Å². The van der Waals surface area contributed by atoms with E-state index in [0.717, 1.165) is 24.8 Å². The third-order valence-electron chi connectivity index (χ3n) is 3.83. The number of carbonyl (C=O) groups excluding carboxylic acids is 1. The number of carbonyl (C=O) groups is 2. The molecule has 0 heterocycles. The number of methoxy groups -OCH3 is 1. The molecule has 134 valence electrons. The highest BCUT2D eigenvalue weighted by Crippen LogP contribution is 2.35. The first kappa shape index (κ1) is 21.9. The number of carboxylic acids is 1. The van der Waals surface area contributed by atoms with E-state index in [0.29, 0.717) is 12.8 Å². The minimum absolute atomic E-state index is 0.426. The van der Waals surface area contributed by atoms with Crippen molar-refractivity contribution in [3.63, 3.8) is 0 Å². The van der Waals surface area contributed by atoms with E-state index in [9.17, 15) is 14.7 Å². The van der Waals surface area contributed by atoms with Gasteiger partial charge in [0.25, 0.3) is 5.60 Å². The number of ether oxygens (including phenoxy) is 1. The van der Waals surface area contributed by atoms with Gasteiger partial charge in [0.05, 0.1) is 7.11 Å². The summed E-state index contributed by atoms with van der Waals surface area (Å²) in [6.07, 6.45) is 5.87. The quantitative estimate of drug-likeness (QED) is 0.269. The Balaban J connectivity index is 5.89. The Morgan fingerprint density at radius 3 is 2.30 bits per heavy atom. The molecule has 0 aromatic carbocycles. The molecule has 0 radical (unpaired) electrons. The van der Waals surface area contributed by atoms with Crippen LogP contribution in [0.5, 0.6) is 0 Å². The number of allylic oxidation sites excluding steroid dienone is 2. The van der Waals surface area contributed by atoms with Crippen LogP contribution < -0.4 is 0 Å². The summed E-state index contributed by atoms with van der Waals surface area (Å²) in [6.45, 7) is 9.79. The molecule has 0 saturated heterocycles. The summed E-state index contributed by atoms with van der Waals surface area (Å²) >= 11 is 0. The lowest BCUT2D eigenvalue weighted by Crippen LogP contribution is -2.57. The summed E-state index contributed by atoms with van der Waals surface area (Å²) < 4.78 is 10.7. The van der Waals surface area contributed by atoms with Gasteiger partial charge < -0.3 is 14.3 Å². The van der Waals surface area contributed by atoms with Crippen molar-refractivity contribution < 1.29 is 23.9 Å². The van der Waals surface area contributed by atoms with Gasteiger partial charge in [-0.2, -0.15) is 0 Å². The van der Waals surface area contributed by atoms with Crippen LogP contribution in [0.25, 0.3) is 0 Å². The molecule has 0 fully saturated rings. The van der Waals surface area contributed by atoms with Gasteiger partial charge in [-0.25, -0.2) is 9.59 Å². The van der Waals surface area contributed by atoms with Crippen molar-refractivity contribution in [1.29, 1.82) is 0 Å². The molecule has 5 nitrogen and oxygen atoms in total. The summed E-state index contributed by atoms with van der Waals surface area (Å²) in [5.74, 6) is -2.46. The van der Waals surface area contributed by atoms with Crippen molar-refractivity contribution in [1.82, 2.24) is 0 Å². The monoisotopic (exact) mass is 344 g/mol. The third-order valence-corrected chi connectivity index (χ3v) is 4.67. The first-order valence-corrected chi connectivity index (χ1v) is 11.2. The van der Waals surface area contributed by atoms with Crippen molar-refractivity contribution in [2.24, 2.45) is 5.92 Å². The standard InChI is InChI=1S/C17H32O5Si/c1-7-9-11-14(12-13(3)10-8-2)17(15(18)19,16(20)21-4)22-23(5)6/h10,14,23H,7-9,11-12H2,1-6H3,(H,18,19). The topological polar surface area (TPSA) is 72.8 Å². The molecule has 1 N–H and O–H groups in total. The molecule has 0 aliphatic heterocycles. The number of aliphatic carboxylic acids is 1. The molecule has 0 aromatic rings. The van der Waals surface area contributed by atoms with Gasteiger partial charge in [0.1, 0.15) is 0 Å². The highest BCUT2D eigenvalue weighted by atomic mass is 28.3. The normalized spacial score (nSPS) is 16.0. The smallest absolute Gasteiger partial charge is 0.349 e. The van der Waals surface area contributed by atoms with Gasteiger partial charge in [-0.15, -0.1) is 0 Å². The van der Waals surface area contributed by atoms with Gasteiger partial charge in [0, 0.05) is 5.92 Å². The van der Waals surface area contributed by atoms with E-state index in [2.05, 4.69) is 6.08 Å². The summed E-state index contributed by atoms with van der Waals surface area (Å²) in [5.41, 5.74) is -0.815. The fraction of sp³-hybridized carbons (Fsp3) is 0.765. The maximum Gasteiger partial charge on any atom is 0.349 e. The van der Waals surface area contributed by atoms with Gasteiger partial charge in [-0.05, 0) is 39.3 Å². The lowest BCUT2D eigenvalue weighted by molar-refractivity contribution is -0.181. The summed E-state index contributed by atoms with van der Waals surface area (Å²) in [4.78, 5) is 24.5. The highest BCUT2D eigenvalue weighted by molar-refractivity contribution is 6.49. The van der Waals surface area contributed by atoms with E-state index in [1.165, 1.54) is 7.11 Å². The Morgan fingerprint density at radius 1 is 1.30 bits per heavy atom. The lowest BCUT2D eigenvalue weighted by atomic mass is 9.79. The minimum atomic E-state index is -1.90. The molecule has 2 atom stereocenters. The Labute approximate surface area is 141 Å². The number of hydrogen-bond acceptors (Lipinski definition) is 4. The molecule has 0 amide bonds. The van der Waals surface area contributed by atoms with Crippen LogP contribution in [0, 0.1) is 5.92 Å². The molecular formula is C17H32O5Si. The van der Waals surface area contributed by atoms with E-state index < -0.39 is 32.5 Å². The van der Waals surface area contributed by atoms with Crippen LogP contribution in [-0.2, 0) is 18.8 Å². The number of carboxylic acid groups (broad SMARTS) is 1. The fourth-order valence-electron chi connectivity index (χ4n) is 2.87. The molecule has 0 saturated carbocycles. The number of hydrogen-bond donors (Lipinski definition) is 1. The van der Waals surface area contributed by atoms with Crippen LogP contribution in [0.3, 0.4) is 0 Å². The zero-order valence-corrected chi connectivity index (χ0v) is 16.5. The summed E-state index contributed by atoms with van der Waals surface area (Å²) in [7, 11) is -0.555. The predicted molar refractivity (Wildman–Crippen MR) is 94.0 cm³/mol. The van der Waals surface area contributed by atoms with Crippen LogP contribution in [0.4, 0.5) is 0 Å². The minimum Gasteiger partial charge on any atom is -0.479 e. The second kappa shape index (κ2) is 10.6. The average Bonchev–Trinajstić information content (AvgIpc) is 2.48. The summed E-state index contributed by atoms with van der Waals surface area (Å²) in [6, 6.07) is 0. The molecule has 6 heteroatoms. The van der Waals surface area contributed by atoms with Crippen molar-refractivity contribution in [2.45, 2.75) is 71.6 Å². The maximum absolute atomic E-state index is 12.4. The third kappa shape index (κ3) is 6.10. The van der Waals surface area contributed by atoms with E-state index in [4.69, 9.17) is 9.16 Å². The number of esters is 1. The van der Waals surface area contributed by atoms with E-state index in [1.54, 1.807) is 0 Å². The zero-order chi connectivity index (χ0) is 18.0. The molecule has 0 bridgehead atoms. The molecule has 0 rings (SSSR count). The maximum atomic E-state index is 12.4. The molecular weight excluding hydrogens is 312 g/mol. The van der Waals surface area contributed by atoms with Gasteiger partial charge in [0.15, 0.2) is 9.04 Å². The number of rotatable bonds is 11. The average molecular weight is 345 g/mol. The van der Waals surface area contributed by atoms with Crippen molar-refractivity contribution in [3.05, 3.63) is 11.6 Å². The van der Waals surface area contributed by atoms with Gasteiger partial charge >= 0.3 is 11.9 Å². The van der Waals surface area contributed by atoms with Crippen molar-refractivity contribution in [2.75, 3.05) is 7.11 Å². The van der Waals surface area contributed by atoms with Gasteiger partial charge in [0.2, 0.25) is 0 Å². The predicted octanol–water partition coefficient (Wildman–Crippen LogP) is 3.54. The van der Waals surface area contributed by atoms with Crippen LogP contribution in [0.2, 0.25) is 13.1 Å². The Bertz CT molecular complexity index is 419. The molecule has 23 heavy (non-hydrogen) atoms. The second-order valence-electron chi connectivity index (χ2n) is 6.20.